The highest BCUT2D eigenvalue weighted by Crippen LogP contribution is 2.39. The van der Waals surface area contributed by atoms with E-state index in [0.717, 1.165) is 47.4 Å². The molecule has 9 heteroatoms. The summed E-state index contributed by atoms with van der Waals surface area (Å²) in [5.74, 6) is -0.0374. The average molecular weight is 512 g/mol. The summed E-state index contributed by atoms with van der Waals surface area (Å²) in [6, 6.07) is 13.7. The molecule has 0 aliphatic carbocycles. The predicted molar refractivity (Wildman–Crippen MR) is 147 cm³/mol. The van der Waals surface area contributed by atoms with Gasteiger partial charge in [0.05, 0.1) is 17.6 Å². The fourth-order valence-electron chi connectivity index (χ4n) is 4.02. The second-order valence-electron chi connectivity index (χ2n) is 10.8. The Bertz CT molecular complexity index is 1150. The first-order chi connectivity index (χ1) is 16.6. The highest BCUT2D eigenvalue weighted by atomic mass is 32.1. The number of hydrogen-bond acceptors (Lipinski definition) is 6. The number of amides is 1. The van der Waals surface area contributed by atoms with Gasteiger partial charge in [0.1, 0.15) is 17.3 Å². The summed E-state index contributed by atoms with van der Waals surface area (Å²) in [6.07, 6.45) is 2.86. The van der Waals surface area contributed by atoms with Crippen molar-refractivity contribution in [3.8, 4) is 10.4 Å². The van der Waals surface area contributed by atoms with Gasteiger partial charge in [-0.1, -0.05) is 50.0 Å². The fraction of sp³-hybridized carbons (Fsp3) is 0.462. The van der Waals surface area contributed by atoms with Crippen LogP contribution in [0.4, 0.5) is 5.69 Å². The van der Waals surface area contributed by atoms with Gasteiger partial charge in [-0.2, -0.15) is 5.10 Å². The Balaban J connectivity index is 1.51. The van der Waals surface area contributed by atoms with Crippen LogP contribution >= 0.6 is 11.3 Å². The molecule has 0 radical (unpaired) electrons. The Labute approximate surface area is 213 Å². The number of benzene rings is 1. The molecular weight excluding hydrogens is 474 g/mol. The number of nitrogens with zero attached hydrogens (tertiary/aromatic N) is 2. The first-order valence-corrected chi connectivity index (χ1v) is 16.8. The normalized spacial score (nSPS) is 14.9. The number of anilines is 1. The number of thiophene rings is 1. The molecule has 0 bridgehead atoms. The number of nitrogens with one attached hydrogen (secondary N) is 3. The van der Waals surface area contributed by atoms with Crippen LogP contribution in [0, 0.1) is 0 Å². The van der Waals surface area contributed by atoms with Crippen molar-refractivity contribution < 1.29 is 9.53 Å². The third-order valence-corrected chi connectivity index (χ3v) is 8.83. The van der Waals surface area contributed by atoms with Crippen molar-refractivity contribution in [2.45, 2.75) is 64.9 Å². The van der Waals surface area contributed by atoms with E-state index in [-0.39, 0.29) is 5.91 Å². The Morgan fingerprint density at radius 1 is 1.17 bits per heavy atom. The molecule has 0 saturated heterocycles. The Morgan fingerprint density at radius 2 is 1.94 bits per heavy atom. The standard InChI is InChI=1S/C26H37N5O2SSi/c1-26(2)29-21-15-23(34-24(21)25(32)30-26)20-16-28-31(18-33-13-14-35(3,4)5)22(20)17-27-12-11-19-9-7-6-8-10-19/h6-10,15-16,27,29H,11-14,17-18H2,1-5H3,(H,30,32). The number of rotatable bonds is 11. The van der Waals surface area contributed by atoms with Crippen molar-refractivity contribution in [1.82, 2.24) is 20.4 Å². The first kappa shape index (κ1) is 25.6. The third-order valence-electron chi connectivity index (χ3n) is 5.96. The highest BCUT2D eigenvalue weighted by Gasteiger charge is 2.31. The molecular formula is C26H37N5O2SSi. The lowest BCUT2D eigenvalue weighted by molar-refractivity contribution is 0.0763. The molecule has 3 N–H and O–H groups in total. The van der Waals surface area contributed by atoms with Gasteiger partial charge in [0.2, 0.25) is 0 Å². The maximum atomic E-state index is 12.6. The SMILES string of the molecule is CC1(C)NC(=O)c2sc(-c3cnn(COCC[Si](C)(C)C)c3CNCCc3ccccc3)cc2N1. The van der Waals surface area contributed by atoms with E-state index in [9.17, 15) is 4.79 Å². The van der Waals surface area contributed by atoms with Crippen LogP contribution in [-0.4, -0.2) is 42.6 Å². The maximum absolute atomic E-state index is 12.6. The summed E-state index contributed by atoms with van der Waals surface area (Å²) < 4.78 is 7.97. The lowest BCUT2D eigenvalue weighted by Gasteiger charge is -2.32. The molecule has 1 amide bonds. The van der Waals surface area contributed by atoms with Gasteiger partial charge in [-0.25, -0.2) is 4.68 Å². The third kappa shape index (κ3) is 6.82. The van der Waals surface area contributed by atoms with Crippen LogP contribution in [-0.2, 0) is 24.4 Å². The van der Waals surface area contributed by atoms with Gasteiger partial charge in [0, 0.05) is 31.7 Å². The number of fused-ring (bicyclic) bond motifs is 1. The molecule has 0 unspecified atom stereocenters. The Morgan fingerprint density at radius 3 is 2.69 bits per heavy atom. The maximum Gasteiger partial charge on any atom is 0.265 e. The first-order valence-electron chi connectivity index (χ1n) is 12.2. The average Bonchev–Trinajstić information content (AvgIpc) is 3.37. The van der Waals surface area contributed by atoms with Crippen molar-refractivity contribution in [2.75, 3.05) is 18.5 Å². The Hall–Kier alpha value is -2.46. The number of carbonyl (C=O) groups is 1. The quantitative estimate of drug-likeness (QED) is 0.245. The summed E-state index contributed by atoms with van der Waals surface area (Å²) >= 11 is 1.50. The molecule has 35 heavy (non-hydrogen) atoms. The molecule has 0 spiro atoms. The lowest BCUT2D eigenvalue weighted by atomic mass is 10.1. The number of ether oxygens (including phenoxy) is 1. The van der Waals surface area contributed by atoms with Crippen molar-refractivity contribution in [2.24, 2.45) is 0 Å². The molecule has 1 aliphatic heterocycles. The summed E-state index contributed by atoms with van der Waals surface area (Å²) in [4.78, 5) is 14.4. The highest BCUT2D eigenvalue weighted by molar-refractivity contribution is 7.18. The zero-order chi connectivity index (χ0) is 25.1. The van der Waals surface area contributed by atoms with Crippen molar-refractivity contribution >= 4 is 31.0 Å². The van der Waals surface area contributed by atoms with Gasteiger partial charge >= 0.3 is 0 Å². The van der Waals surface area contributed by atoms with Crippen molar-refractivity contribution in [1.29, 1.82) is 0 Å². The zero-order valence-electron chi connectivity index (χ0n) is 21.4. The Kier molecular flexibility index (Phi) is 7.80. The molecule has 0 atom stereocenters. The summed E-state index contributed by atoms with van der Waals surface area (Å²) in [7, 11) is -1.15. The van der Waals surface area contributed by atoms with Crippen LogP contribution < -0.4 is 16.0 Å². The molecule has 3 heterocycles. The second kappa shape index (κ2) is 10.7. The van der Waals surface area contributed by atoms with Crippen LogP contribution in [0.5, 0.6) is 0 Å². The van der Waals surface area contributed by atoms with Crippen LogP contribution in [0.15, 0.2) is 42.6 Å². The minimum Gasteiger partial charge on any atom is -0.362 e. The van der Waals surface area contributed by atoms with Crippen molar-refractivity contribution in [3.05, 3.63) is 58.7 Å². The van der Waals surface area contributed by atoms with E-state index < -0.39 is 13.7 Å². The van der Waals surface area contributed by atoms with Crippen LogP contribution in [0.2, 0.25) is 25.7 Å². The molecule has 1 aliphatic rings. The van der Waals surface area contributed by atoms with E-state index in [0.29, 0.717) is 18.2 Å². The minimum absolute atomic E-state index is 0.0374. The van der Waals surface area contributed by atoms with E-state index in [4.69, 9.17) is 4.74 Å². The van der Waals surface area contributed by atoms with Crippen LogP contribution in [0.1, 0.15) is 34.8 Å². The van der Waals surface area contributed by atoms with E-state index in [2.05, 4.69) is 71.0 Å². The van der Waals surface area contributed by atoms with Crippen LogP contribution in [0.25, 0.3) is 10.4 Å². The summed E-state index contributed by atoms with van der Waals surface area (Å²) in [5, 5.41) is 14.7. The van der Waals surface area contributed by atoms with Gasteiger partial charge < -0.3 is 20.7 Å². The number of hydrogen-bond donors (Lipinski definition) is 3. The molecule has 0 saturated carbocycles. The topological polar surface area (TPSA) is 80.2 Å². The number of aromatic nitrogens is 2. The lowest BCUT2D eigenvalue weighted by Crippen LogP contribution is -2.52. The smallest absolute Gasteiger partial charge is 0.265 e. The monoisotopic (exact) mass is 511 g/mol. The number of carbonyl (C=O) groups excluding carboxylic acids is 1. The van der Waals surface area contributed by atoms with Gasteiger partial charge in [-0.05, 0) is 44.5 Å². The molecule has 188 valence electrons. The van der Waals surface area contributed by atoms with Gasteiger partial charge in [-0.3, -0.25) is 4.79 Å². The fourth-order valence-corrected chi connectivity index (χ4v) is 5.82. The van der Waals surface area contributed by atoms with E-state index in [1.165, 1.54) is 16.9 Å². The van der Waals surface area contributed by atoms with E-state index in [1.54, 1.807) is 0 Å². The largest absolute Gasteiger partial charge is 0.362 e. The summed E-state index contributed by atoms with van der Waals surface area (Å²) in [6.45, 7) is 13.7. The van der Waals surface area contributed by atoms with Gasteiger partial charge in [0.15, 0.2) is 0 Å². The molecule has 7 nitrogen and oxygen atoms in total. The van der Waals surface area contributed by atoms with Crippen molar-refractivity contribution in [3.63, 3.8) is 0 Å². The predicted octanol–water partition coefficient (Wildman–Crippen LogP) is 5.15. The zero-order valence-corrected chi connectivity index (χ0v) is 23.2. The van der Waals surface area contributed by atoms with Crippen LogP contribution in [0.3, 0.4) is 0 Å². The second-order valence-corrected chi connectivity index (χ2v) is 17.5. The van der Waals surface area contributed by atoms with E-state index in [1.807, 2.05) is 30.8 Å². The molecule has 1 aromatic carbocycles. The summed E-state index contributed by atoms with van der Waals surface area (Å²) in [5.41, 5.74) is 3.83. The molecule has 0 fully saturated rings. The van der Waals surface area contributed by atoms with Gasteiger partial charge in [0.25, 0.3) is 5.91 Å². The molecule has 3 aromatic rings. The van der Waals surface area contributed by atoms with E-state index >= 15 is 0 Å². The molecule has 4 rings (SSSR count). The molecule has 2 aromatic heterocycles. The minimum atomic E-state index is -1.15. The van der Waals surface area contributed by atoms with Gasteiger partial charge in [-0.15, -0.1) is 11.3 Å².